The van der Waals surface area contributed by atoms with Crippen LogP contribution in [0.3, 0.4) is 0 Å². The molecule has 0 bridgehead atoms. The Hall–Kier alpha value is -1.82. The van der Waals surface area contributed by atoms with Gasteiger partial charge in [-0.15, -0.1) is 28.3 Å². The van der Waals surface area contributed by atoms with Gasteiger partial charge in [-0.2, -0.15) is 0 Å². The third-order valence-electron chi connectivity index (χ3n) is 5.44. The van der Waals surface area contributed by atoms with Crippen molar-refractivity contribution in [2.45, 2.75) is 31.3 Å². The summed E-state index contributed by atoms with van der Waals surface area (Å²) < 4.78 is 0. The highest BCUT2D eigenvalue weighted by Gasteiger charge is 2.37. The average Bonchev–Trinajstić information content (AvgIpc) is 3.07. The molecule has 5 rings (SSSR count). The molecular formula is C21H20BrNO2S. The Morgan fingerprint density at radius 2 is 1.73 bits per heavy atom. The van der Waals surface area contributed by atoms with Crippen molar-refractivity contribution >= 4 is 28.3 Å². The second-order valence-corrected chi connectivity index (χ2v) is 7.99. The molecule has 3 aromatic rings. The van der Waals surface area contributed by atoms with Crippen LogP contribution in [0.4, 0.5) is 0 Å². The number of hydrogen-bond donors (Lipinski definition) is 3. The molecule has 2 aromatic carbocycles. The fourth-order valence-electron chi connectivity index (χ4n) is 4.21. The van der Waals surface area contributed by atoms with Crippen LogP contribution >= 0.6 is 28.3 Å². The van der Waals surface area contributed by atoms with Gasteiger partial charge < -0.3 is 15.5 Å². The quantitative estimate of drug-likeness (QED) is 0.479. The molecule has 2 atom stereocenters. The van der Waals surface area contributed by atoms with Gasteiger partial charge in [0.2, 0.25) is 0 Å². The van der Waals surface area contributed by atoms with E-state index in [2.05, 4.69) is 35.6 Å². The van der Waals surface area contributed by atoms with Crippen molar-refractivity contribution in [3.8, 4) is 21.9 Å². The lowest BCUT2D eigenvalue weighted by atomic mass is 9.75. The van der Waals surface area contributed by atoms with Crippen LogP contribution in [0.15, 0.2) is 48.5 Å². The Balaban J connectivity index is 0.00000168. The summed E-state index contributed by atoms with van der Waals surface area (Å²) in [4.78, 5) is 2.69. The van der Waals surface area contributed by atoms with E-state index in [1.807, 2.05) is 17.4 Å². The van der Waals surface area contributed by atoms with Gasteiger partial charge in [-0.05, 0) is 53.3 Å². The van der Waals surface area contributed by atoms with E-state index in [4.69, 9.17) is 0 Å². The van der Waals surface area contributed by atoms with E-state index in [-0.39, 0.29) is 34.4 Å². The smallest absolute Gasteiger partial charge is 0.157 e. The summed E-state index contributed by atoms with van der Waals surface area (Å²) in [7, 11) is 0. The van der Waals surface area contributed by atoms with Gasteiger partial charge in [0, 0.05) is 28.3 Å². The van der Waals surface area contributed by atoms with E-state index in [0.29, 0.717) is 6.04 Å². The molecule has 26 heavy (non-hydrogen) atoms. The predicted octanol–water partition coefficient (Wildman–Crippen LogP) is 4.95. The SMILES string of the molecule is Br.Oc1cc2c(cc1O)C1c3sc(-c4ccccc4)cc3CNC1CC2. The lowest BCUT2D eigenvalue weighted by molar-refractivity contribution is 0.383. The van der Waals surface area contributed by atoms with Crippen molar-refractivity contribution in [2.75, 3.05) is 0 Å². The zero-order valence-electron chi connectivity index (χ0n) is 14.1. The van der Waals surface area contributed by atoms with E-state index >= 15 is 0 Å². The van der Waals surface area contributed by atoms with Crippen molar-refractivity contribution in [1.82, 2.24) is 5.32 Å². The Morgan fingerprint density at radius 3 is 2.54 bits per heavy atom. The number of aryl methyl sites for hydroxylation is 1. The van der Waals surface area contributed by atoms with Gasteiger partial charge in [0.15, 0.2) is 11.5 Å². The topological polar surface area (TPSA) is 52.5 Å². The van der Waals surface area contributed by atoms with Crippen LogP contribution in [0.1, 0.15) is 33.9 Å². The standard InChI is InChI=1S/C21H19NO2S.BrH/c23-17-8-13-6-7-16-20(15(13)10-18(17)24)21-14(11-22-16)9-19(25-21)12-4-2-1-3-5-12;/h1-5,8-10,16,20,22-24H,6-7,11H2;1H. The van der Waals surface area contributed by atoms with Crippen molar-refractivity contribution in [2.24, 2.45) is 0 Å². The summed E-state index contributed by atoms with van der Waals surface area (Å²) in [5, 5.41) is 23.6. The third-order valence-corrected chi connectivity index (χ3v) is 6.75. The number of halogens is 1. The number of aromatic hydroxyl groups is 2. The highest BCUT2D eigenvalue weighted by molar-refractivity contribution is 8.93. The molecule has 0 radical (unpaired) electrons. The Kier molecular flexibility index (Phi) is 4.55. The molecule has 0 amide bonds. The zero-order chi connectivity index (χ0) is 17.0. The molecule has 1 aliphatic carbocycles. The van der Waals surface area contributed by atoms with E-state index in [0.717, 1.165) is 30.5 Å². The number of phenolic OH excluding ortho intramolecular Hbond substituents is 2. The molecule has 3 nitrogen and oxygen atoms in total. The Morgan fingerprint density at radius 1 is 0.962 bits per heavy atom. The summed E-state index contributed by atoms with van der Waals surface area (Å²) in [6.07, 6.45) is 1.99. The molecule has 0 spiro atoms. The molecular weight excluding hydrogens is 410 g/mol. The highest BCUT2D eigenvalue weighted by Crippen LogP contribution is 2.48. The first-order valence-corrected chi connectivity index (χ1v) is 9.48. The van der Waals surface area contributed by atoms with Gasteiger partial charge in [-0.25, -0.2) is 0 Å². The second-order valence-electron chi connectivity index (χ2n) is 6.91. The highest BCUT2D eigenvalue weighted by atomic mass is 79.9. The van der Waals surface area contributed by atoms with Crippen LogP contribution in [-0.2, 0) is 13.0 Å². The first kappa shape index (κ1) is 17.6. The van der Waals surface area contributed by atoms with Gasteiger partial charge in [0.1, 0.15) is 0 Å². The predicted molar refractivity (Wildman–Crippen MR) is 111 cm³/mol. The average molecular weight is 430 g/mol. The fraction of sp³-hybridized carbons (Fsp3) is 0.238. The molecule has 2 heterocycles. The fourth-order valence-corrected chi connectivity index (χ4v) is 5.58. The molecule has 1 aromatic heterocycles. The maximum atomic E-state index is 10.0. The monoisotopic (exact) mass is 429 g/mol. The zero-order valence-corrected chi connectivity index (χ0v) is 16.6. The van der Waals surface area contributed by atoms with Crippen LogP contribution in [0.5, 0.6) is 11.5 Å². The van der Waals surface area contributed by atoms with E-state index < -0.39 is 0 Å². The van der Waals surface area contributed by atoms with Gasteiger partial charge in [0.05, 0.1) is 0 Å². The van der Waals surface area contributed by atoms with Crippen LogP contribution in [-0.4, -0.2) is 16.3 Å². The van der Waals surface area contributed by atoms with E-state index in [1.165, 1.54) is 20.9 Å². The second kappa shape index (κ2) is 6.72. The van der Waals surface area contributed by atoms with Crippen LogP contribution in [0.2, 0.25) is 0 Å². The van der Waals surface area contributed by atoms with Crippen molar-refractivity contribution in [3.63, 3.8) is 0 Å². The Bertz CT molecular complexity index is 954. The van der Waals surface area contributed by atoms with Crippen molar-refractivity contribution < 1.29 is 10.2 Å². The number of nitrogens with one attached hydrogen (secondary N) is 1. The minimum Gasteiger partial charge on any atom is -0.504 e. The number of rotatable bonds is 1. The Labute approximate surface area is 167 Å². The van der Waals surface area contributed by atoms with Crippen LogP contribution in [0, 0.1) is 0 Å². The van der Waals surface area contributed by atoms with Crippen LogP contribution < -0.4 is 5.32 Å². The first-order chi connectivity index (χ1) is 12.2. The first-order valence-electron chi connectivity index (χ1n) is 8.67. The number of phenols is 2. The summed E-state index contributed by atoms with van der Waals surface area (Å²) in [5.74, 6) is 0.213. The minimum absolute atomic E-state index is 0. The van der Waals surface area contributed by atoms with Gasteiger partial charge in [-0.1, -0.05) is 30.3 Å². The summed E-state index contributed by atoms with van der Waals surface area (Å²) in [6.45, 7) is 0.902. The summed E-state index contributed by atoms with van der Waals surface area (Å²) >= 11 is 1.86. The largest absolute Gasteiger partial charge is 0.504 e. The van der Waals surface area contributed by atoms with Crippen molar-refractivity contribution in [1.29, 1.82) is 0 Å². The van der Waals surface area contributed by atoms with E-state index in [1.54, 1.807) is 12.1 Å². The lowest BCUT2D eigenvalue weighted by Gasteiger charge is -2.38. The molecule has 2 unspecified atom stereocenters. The number of thiophene rings is 1. The molecule has 134 valence electrons. The molecule has 5 heteroatoms. The van der Waals surface area contributed by atoms with Gasteiger partial charge in [0.25, 0.3) is 0 Å². The van der Waals surface area contributed by atoms with Crippen LogP contribution in [0.25, 0.3) is 10.4 Å². The van der Waals surface area contributed by atoms with Gasteiger partial charge in [-0.3, -0.25) is 0 Å². The summed E-state index contributed by atoms with van der Waals surface area (Å²) in [6, 6.07) is 16.7. The molecule has 0 saturated heterocycles. The minimum atomic E-state index is -0.0219. The van der Waals surface area contributed by atoms with E-state index in [9.17, 15) is 10.2 Å². The maximum absolute atomic E-state index is 10.0. The normalized spacial score (nSPS) is 20.5. The number of hydrogen-bond acceptors (Lipinski definition) is 4. The molecule has 2 aliphatic rings. The van der Waals surface area contributed by atoms with Crippen molar-refractivity contribution in [3.05, 3.63) is 70.1 Å². The number of benzene rings is 2. The molecule has 1 aliphatic heterocycles. The maximum Gasteiger partial charge on any atom is 0.157 e. The summed E-state index contributed by atoms with van der Waals surface area (Å²) in [5.41, 5.74) is 4.91. The van der Waals surface area contributed by atoms with Gasteiger partial charge >= 0.3 is 0 Å². The third kappa shape index (κ3) is 2.75. The molecule has 0 saturated carbocycles. The molecule has 0 fully saturated rings. The number of fused-ring (bicyclic) bond motifs is 5. The lowest BCUT2D eigenvalue weighted by Crippen LogP contribution is -2.41. The molecule has 3 N–H and O–H groups in total.